The van der Waals surface area contributed by atoms with Crippen molar-refractivity contribution in [2.45, 2.75) is 65.1 Å². The van der Waals surface area contributed by atoms with Crippen molar-refractivity contribution in [3.05, 3.63) is 51.5 Å². The average molecular weight is 372 g/mol. The number of hydrogen-bond donors (Lipinski definition) is 1. The number of benzene rings is 1. The Balaban J connectivity index is 1.60. The highest BCUT2D eigenvalue weighted by molar-refractivity contribution is 7.11. The van der Waals surface area contributed by atoms with Crippen LogP contribution in [0.15, 0.2) is 30.3 Å². The van der Waals surface area contributed by atoms with Crippen LogP contribution in [0.4, 0.5) is 0 Å². The van der Waals surface area contributed by atoms with Gasteiger partial charge in [0.15, 0.2) is 0 Å². The van der Waals surface area contributed by atoms with E-state index in [4.69, 9.17) is 0 Å². The number of thiazole rings is 1. The lowest BCUT2D eigenvalue weighted by Crippen LogP contribution is -2.48. The molecule has 26 heavy (non-hydrogen) atoms. The summed E-state index contributed by atoms with van der Waals surface area (Å²) in [7, 11) is 0. The Morgan fingerprint density at radius 2 is 2.12 bits per heavy atom. The number of aryl methyl sites for hydroxylation is 2. The summed E-state index contributed by atoms with van der Waals surface area (Å²) in [4.78, 5) is 21.0. The van der Waals surface area contributed by atoms with Crippen molar-refractivity contribution in [3.63, 3.8) is 0 Å². The van der Waals surface area contributed by atoms with E-state index in [-0.39, 0.29) is 11.9 Å². The van der Waals surface area contributed by atoms with Gasteiger partial charge >= 0.3 is 0 Å². The lowest BCUT2D eigenvalue weighted by Gasteiger charge is -2.34. The fourth-order valence-corrected chi connectivity index (χ4v) is 4.66. The molecule has 0 unspecified atom stereocenters. The Bertz CT molecular complexity index is 713. The predicted octanol–water partition coefficient (Wildman–Crippen LogP) is 4.07. The molecule has 4 nitrogen and oxygen atoms in total. The van der Waals surface area contributed by atoms with E-state index in [1.165, 1.54) is 21.9 Å². The van der Waals surface area contributed by atoms with Crippen LogP contribution >= 0.6 is 11.3 Å². The molecule has 1 fully saturated rings. The number of aromatic nitrogens is 1. The van der Waals surface area contributed by atoms with Crippen LogP contribution in [-0.4, -0.2) is 28.4 Å². The van der Waals surface area contributed by atoms with Crippen LogP contribution in [0.3, 0.4) is 0 Å². The van der Waals surface area contributed by atoms with Gasteiger partial charge in [-0.25, -0.2) is 4.98 Å². The molecule has 0 radical (unpaired) electrons. The van der Waals surface area contributed by atoms with Crippen LogP contribution in [-0.2, 0) is 24.3 Å². The number of carbonyl (C=O) groups excluding carboxylic acids is 1. The van der Waals surface area contributed by atoms with Gasteiger partial charge in [0.2, 0.25) is 5.91 Å². The summed E-state index contributed by atoms with van der Waals surface area (Å²) in [5.41, 5.74) is 2.33. The molecule has 140 valence electrons. The summed E-state index contributed by atoms with van der Waals surface area (Å²) in [5.74, 6) is 0.158. The number of rotatable bonds is 7. The summed E-state index contributed by atoms with van der Waals surface area (Å²) in [6.45, 7) is 6.65. The van der Waals surface area contributed by atoms with E-state index < -0.39 is 0 Å². The molecule has 0 aliphatic carbocycles. The number of carbonyl (C=O) groups is 1. The molecule has 1 N–H and O–H groups in total. The first-order valence-electron chi connectivity index (χ1n) is 9.68. The number of amides is 1. The van der Waals surface area contributed by atoms with Crippen molar-refractivity contribution in [1.82, 2.24) is 15.2 Å². The first-order chi connectivity index (χ1) is 12.7. The third kappa shape index (κ3) is 4.92. The normalized spacial score (nSPS) is 18.0. The third-order valence-electron chi connectivity index (χ3n) is 4.97. The maximum atomic E-state index is 12.8. The fraction of sp³-hybridized carbons (Fsp3) is 0.524. The second-order valence-electron chi connectivity index (χ2n) is 7.05. The Morgan fingerprint density at radius 1 is 1.31 bits per heavy atom. The monoisotopic (exact) mass is 371 g/mol. The Morgan fingerprint density at radius 3 is 2.88 bits per heavy atom. The number of nitrogens with one attached hydrogen (secondary N) is 1. The first kappa shape index (κ1) is 19.1. The van der Waals surface area contributed by atoms with Crippen LogP contribution < -0.4 is 5.32 Å². The van der Waals surface area contributed by atoms with E-state index in [0.717, 1.165) is 44.5 Å². The van der Waals surface area contributed by atoms with Crippen molar-refractivity contribution >= 4 is 17.2 Å². The number of piperidine rings is 1. The molecule has 1 amide bonds. The highest BCUT2D eigenvalue weighted by Gasteiger charge is 2.28. The Hall–Kier alpha value is -1.72. The quantitative estimate of drug-likeness (QED) is 0.798. The van der Waals surface area contributed by atoms with Gasteiger partial charge < -0.3 is 5.32 Å². The largest absolute Gasteiger partial charge is 0.350 e. The van der Waals surface area contributed by atoms with Gasteiger partial charge in [-0.05, 0) is 44.7 Å². The highest BCUT2D eigenvalue weighted by atomic mass is 32.1. The van der Waals surface area contributed by atoms with E-state index in [1.54, 1.807) is 11.3 Å². The Labute approximate surface area is 160 Å². The van der Waals surface area contributed by atoms with Gasteiger partial charge in [0.1, 0.15) is 0 Å². The summed E-state index contributed by atoms with van der Waals surface area (Å²) < 4.78 is 0. The lowest BCUT2D eigenvalue weighted by molar-refractivity contribution is -0.128. The molecule has 1 saturated heterocycles. The van der Waals surface area contributed by atoms with Crippen LogP contribution in [0.2, 0.25) is 0 Å². The van der Waals surface area contributed by atoms with Crippen LogP contribution in [0.5, 0.6) is 0 Å². The van der Waals surface area contributed by atoms with Crippen molar-refractivity contribution in [1.29, 1.82) is 0 Å². The first-order valence-corrected chi connectivity index (χ1v) is 10.5. The van der Waals surface area contributed by atoms with E-state index in [0.29, 0.717) is 6.54 Å². The maximum absolute atomic E-state index is 12.8. The van der Waals surface area contributed by atoms with Gasteiger partial charge in [0.05, 0.1) is 23.3 Å². The molecule has 3 rings (SSSR count). The van der Waals surface area contributed by atoms with Gasteiger partial charge in [-0.3, -0.25) is 9.69 Å². The van der Waals surface area contributed by atoms with Crippen LogP contribution in [0.1, 0.15) is 53.7 Å². The molecule has 0 bridgehead atoms. The zero-order valence-corrected chi connectivity index (χ0v) is 16.6. The second kappa shape index (κ2) is 9.28. The van der Waals surface area contributed by atoms with E-state index in [2.05, 4.69) is 46.4 Å². The molecule has 0 saturated carbocycles. The molecule has 1 aromatic carbocycles. The van der Waals surface area contributed by atoms with Crippen LogP contribution in [0, 0.1) is 6.92 Å². The van der Waals surface area contributed by atoms with E-state index in [9.17, 15) is 4.79 Å². The zero-order chi connectivity index (χ0) is 18.4. The molecular weight excluding hydrogens is 342 g/mol. The minimum absolute atomic E-state index is 0.0210. The molecule has 1 aliphatic heterocycles. The third-order valence-corrected chi connectivity index (χ3v) is 6.19. The SMILES string of the molecule is CCCc1nc(C)c(CNC(=O)[C@H]2CCCCN2Cc2ccccc2)s1. The zero-order valence-electron chi connectivity index (χ0n) is 15.8. The van der Waals surface area contributed by atoms with Gasteiger partial charge in [-0.2, -0.15) is 0 Å². The number of likely N-dealkylation sites (tertiary alicyclic amines) is 1. The Kier molecular flexibility index (Phi) is 6.80. The molecule has 2 aromatic rings. The average Bonchev–Trinajstić information content (AvgIpc) is 3.01. The molecule has 0 spiro atoms. The molecule has 1 aromatic heterocycles. The van der Waals surface area contributed by atoms with Crippen LogP contribution in [0.25, 0.3) is 0 Å². The highest BCUT2D eigenvalue weighted by Crippen LogP contribution is 2.22. The molecular formula is C21H29N3OS. The summed E-state index contributed by atoms with van der Waals surface area (Å²) in [6, 6.07) is 10.4. The molecule has 2 heterocycles. The van der Waals surface area contributed by atoms with Crippen molar-refractivity contribution < 1.29 is 4.79 Å². The minimum Gasteiger partial charge on any atom is -0.350 e. The fourth-order valence-electron chi connectivity index (χ4n) is 3.55. The van der Waals surface area contributed by atoms with Crippen molar-refractivity contribution in [2.75, 3.05) is 6.54 Å². The smallest absolute Gasteiger partial charge is 0.237 e. The molecule has 1 atom stereocenters. The second-order valence-corrected chi connectivity index (χ2v) is 8.22. The van der Waals surface area contributed by atoms with Gasteiger partial charge in [-0.1, -0.05) is 43.7 Å². The molecule has 5 heteroatoms. The van der Waals surface area contributed by atoms with E-state index in [1.807, 2.05) is 13.0 Å². The molecule has 1 aliphatic rings. The lowest BCUT2D eigenvalue weighted by atomic mass is 10.0. The standard InChI is InChI=1S/C21H29N3OS/c1-3-9-20-23-16(2)19(26-20)14-22-21(25)18-12-7-8-13-24(18)15-17-10-5-4-6-11-17/h4-6,10-11,18H,3,7-9,12-15H2,1-2H3,(H,22,25)/t18-/m1/s1. The van der Waals surface area contributed by atoms with Gasteiger partial charge in [-0.15, -0.1) is 11.3 Å². The van der Waals surface area contributed by atoms with Gasteiger partial charge in [0.25, 0.3) is 0 Å². The van der Waals surface area contributed by atoms with Crippen molar-refractivity contribution in [2.24, 2.45) is 0 Å². The predicted molar refractivity (Wildman–Crippen MR) is 107 cm³/mol. The minimum atomic E-state index is -0.0210. The van der Waals surface area contributed by atoms with Crippen molar-refractivity contribution in [3.8, 4) is 0 Å². The number of nitrogens with zero attached hydrogens (tertiary/aromatic N) is 2. The summed E-state index contributed by atoms with van der Waals surface area (Å²) in [5, 5.41) is 4.35. The maximum Gasteiger partial charge on any atom is 0.237 e. The summed E-state index contributed by atoms with van der Waals surface area (Å²) >= 11 is 1.74. The van der Waals surface area contributed by atoms with Gasteiger partial charge in [0, 0.05) is 11.4 Å². The number of hydrogen-bond acceptors (Lipinski definition) is 4. The van der Waals surface area contributed by atoms with E-state index >= 15 is 0 Å². The summed E-state index contributed by atoms with van der Waals surface area (Å²) in [6.07, 6.45) is 5.37. The topological polar surface area (TPSA) is 45.2 Å².